The molecule has 3 aromatic rings. The van der Waals surface area contributed by atoms with Crippen LogP contribution in [0.1, 0.15) is 47.3 Å². The second-order valence-electron chi connectivity index (χ2n) is 10.9. The number of pyridine rings is 1. The Kier molecular flexibility index (Phi) is 7.02. The lowest BCUT2D eigenvalue weighted by Crippen LogP contribution is -2.52. The van der Waals surface area contributed by atoms with Crippen LogP contribution in [0.4, 0.5) is 5.69 Å². The molecule has 1 saturated heterocycles. The number of hydrogen-bond donors (Lipinski definition) is 1. The van der Waals surface area contributed by atoms with Gasteiger partial charge in [-0.3, -0.25) is 14.1 Å². The van der Waals surface area contributed by atoms with Crippen molar-refractivity contribution in [2.24, 2.45) is 5.92 Å². The molecule has 1 aliphatic carbocycles. The van der Waals surface area contributed by atoms with Crippen molar-refractivity contribution in [3.8, 4) is 5.75 Å². The van der Waals surface area contributed by atoms with Crippen molar-refractivity contribution in [2.75, 3.05) is 22.9 Å². The van der Waals surface area contributed by atoms with Crippen LogP contribution < -0.4 is 14.4 Å². The minimum Gasteiger partial charge on any atom is -0.497 e. The molecule has 6 rings (SSSR count). The van der Waals surface area contributed by atoms with Crippen LogP contribution >= 0.6 is 11.6 Å². The number of aromatic nitrogens is 1. The molecule has 3 aliphatic rings. The van der Waals surface area contributed by atoms with E-state index < -0.39 is 31.3 Å². The maximum Gasteiger partial charge on any atom is 0.264 e. The Morgan fingerprint density at radius 3 is 2.56 bits per heavy atom. The van der Waals surface area contributed by atoms with Crippen molar-refractivity contribution in [3.05, 3.63) is 82.6 Å². The average molecular weight is 616 g/mol. The lowest BCUT2D eigenvalue weighted by atomic mass is 9.70. The molecule has 1 N–H and O–H groups in total. The van der Waals surface area contributed by atoms with Crippen LogP contribution in [-0.2, 0) is 31.8 Å². The third-order valence-electron chi connectivity index (χ3n) is 8.49. The summed E-state index contributed by atoms with van der Waals surface area (Å²) in [7, 11) is -5.81. The summed E-state index contributed by atoms with van der Waals surface area (Å²) >= 11 is 6.20. The molecule has 3 heterocycles. The summed E-state index contributed by atoms with van der Waals surface area (Å²) in [6.45, 7) is 0.125. The molecule has 0 bridgehead atoms. The second kappa shape index (κ2) is 10.3. The van der Waals surface area contributed by atoms with E-state index in [0.717, 1.165) is 12.8 Å². The van der Waals surface area contributed by atoms with Crippen LogP contribution in [-0.4, -0.2) is 52.4 Å². The molecule has 12 heteroatoms. The van der Waals surface area contributed by atoms with E-state index in [1.54, 1.807) is 54.7 Å². The van der Waals surface area contributed by atoms with E-state index in [0.29, 0.717) is 46.1 Å². The highest BCUT2D eigenvalue weighted by Gasteiger charge is 2.60. The van der Waals surface area contributed by atoms with E-state index in [1.807, 2.05) is 0 Å². The van der Waals surface area contributed by atoms with Crippen LogP contribution in [0.25, 0.3) is 0 Å². The number of carbonyl (C=O) groups is 1. The zero-order chi connectivity index (χ0) is 29.0. The fraction of sp³-hybridized carbons (Fsp3) is 0.379. The third-order valence-corrected chi connectivity index (χ3v) is 12.3. The summed E-state index contributed by atoms with van der Waals surface area (Å²) in [5, 5.41) is 3.29. The maximum absolute atomic E-state index is 14.3. The number of hydrogen-bond acceptors (Lipinski definition) is 7. The number of methoxy groups -OCH3 is 1. The van der Waals surface area contributed by atoms with Crippen LogP contribution in [0.5, 0.6) is 5.75 Å². The van der Waals surface area contributed by atoms with Gasteiger partial charge in [0.1, 0.15) is 15.6 Å². The van der Waals surface area contributed by atoms with E-state index in [-0.39, 0.29) is 34.8 Å². The number of rotatable bonds is 7. The molecule has 1 saturated carbocycles. The van der Waals surface area contributed by atoms with Gasteiger partial charge in [-0.2, -0.15) is 0 Å². The largest absolute Gasteiger partial charge is 0.497 e. The van der Waals surface area contributed by atoms with Gasteiger partial charge in [-0.1, -0.05) is 17.7 Å². The van der Waals surface area contributed by atoms with E-state index in [2.05, 4.69) is 10.3 Å². The molecular formula is C29H30ClN3O6S2. The number of anilines is 1. The Labute approximate surface area is 244 Å². The number of nitrogens with zero attached hydrogens (tertiary/aromatic N) is 2. The van der Waals surface area contributed by atoms with Crippen molar-refractivity contribution in [2.45, 2.75) is 48.6 Å². The molecule has 1 amide bonds. The number of sulfonamides is 1. The van der Waals surface area contributed by atoms with Crippen molar-refractivity contribution in [1.82, 2.24) is 10.3 Å². The van der Waals surface area contributed by atoms with Gasteiger partial charge < -0.3 is 10.1 Å². The Hall–Kier alpha value is -3.15. The van der Waals surface area contributed by atoms with Gasteiger partial charge in [-0.15, -0.1) is 0 Å². The van der Waals surface area contributed by atoms with Crippen molar-refractivity contribution >= 4 is 43.1 Å². The number of sulfone groups is 1. The first-order chi connectivity index (χ1) is 19.6. The molecule has 41 heavy (non-hydrogen) atoms. The lowest BCUT2D eigenvalue weighted by Gasteiger charge is -2.41. The van der Waals surface area contributed by atoms with Crippen molar-refractivity contribution in [3.63, 3.8) is 0 Å². The standard InChI is InChI=1S/C29H30ClN3O6S2/c1-39-21-4-2-5-22(17-21)41(37,38)33-26-10-9-20(28(34)32-18-25-24(30)6-3-13-31-25)16-23(26)29(27(33)19-7-8-19)11-14-40(35,36)15-12-29/h2-6,9-10,13,16-17,19,27H,7-8,11-12,14-15,18H2,1H3,(H,32,34). The Bertz CT molecular complexity index is 1730. The SMILES string of the molecule is COc1cccc(S(=O)(=O)N2c3ccc(C(=O)NCc4ncccc4Cl)cc3C3(CCS(=O)(=O)CC3)C2C2CC2)c1. The van der Waals surface area contributed by atoms with Crippen LogP contribution in [0.3, 0.4) is 0 Å². The first kappa shape index (κ1) is 28.0. The smallest absolute Gasteiger partial charge is 0.264 e. The van der Waals surface area contributed by atoms with Gasteiger partial charge in [-0.25, -0.2) is 16.8 Å². The molecule has 216 valence electrons. The third kappa shape index (κ3) is 4.97. The van der Waals surface area contributed by atoms with Gasteiger partial charge in [0.25, 0.3) is 15.9 Å². The fourth-order valence-corrected chi connectivity index (χ4v) is 9.87. The van der Waals surface area contributed by atoms with Gasteiger partial charge in [0.15, 0.2) is 0 Å². The second-order valence-corrected chi connectivity index (χ2v) is 15.4. The summed E-state index contributed by atoms with van der Waals surface area (Å²) < 4.78 is 60.6. The highest BCUT2D eigenvalue weighted by molar-refractivity contribution is 7.93. The summed E-state index contributed by atoms with van der Waals surface area (Å²) in [6.07, 6.45) is 3.90. The van der Waals surface area contributed by atoms with Gasteiger partial charge in [0.2, 0.25) is 0 Å². The zero-order valence-corrected chi connectivity index (χ0v) is 24.8. The fourth-order valence-electron chi connectivity index (χ4n) is 6.29. The molecule has 2 fully saturated rings. The zero-order valence-electron chi connectivity index (χ0n) is 22.4. The summed E-state index contributed by atoms with van der Waals surface area (Å²) in [4.78, 5) is 17.6. The molecule has 9 nitrogen and oxygen atoms in total. The topological polar surface area (TPSA) is 123 Å². The van der Waals surface area contributed by atoms with Crippen molar-refractivity contribution < 1.29 is 26.4 Å². The van der Waals surface area contributed by atoms with E-state index >= 15 is 0 Å². The normalized spacial score (nSPS) is 20.9. The summed E-state index contributed by atoms with van der Waals surface area (Å²) in [5.74, 6) is 0.0959. The first-order valence-electron chi connectivity index (χ1n) is 13.5. The van der Waals surface area contributed by atoms with Crippen molar-refractivity contribution in [1.29, 1.82) is 0 Å². The highest BCUT2D eigenvalue weighted by Crippen LogP contribution is 2.59. The number of halogens is 1. The van der Waals surface area contributed by atoms with E-state index in [1.165, 1.54) is 17.5 Å². The van der Waals surface area contributed by atoms with Crippen LogP contribution in [0.15, 0.2) is 65.7 Å². The lowest BCUT2D eigenvalue weighted by molar-refractivity contribution is 0.0950. The molecule has 1 spiro atoms. The molecule has 2 aliphatic heterocycles. The maximum atomic E-state index is 14.3. The first-order valence-corrected chi connectivity index (χ1v) is 17.1. The summed E-state index contributed by atoms with van der Waals surface area (Å²) in [5.41, 5.74) is 1.36. The van der Waals surface area contributed by atoms with Crippen LogP contribution in [0, 0.1) is 5.92 Å². The minimum absolute atomic E-state index is 0.0304. The Morgan fingerprint density at radius 1 is 1.12 bits per heavy atom. The number of ether oxygens (including phenoxy) is 1. The van der Waals surface area contributed by atoms with Crippen LogP contribution in [0.2, 0.25) is 5.02 Å². The molecule has 0 radical (unpaired) electrons. The van der Waals surface area contributed by atoms with Gasteiger partial charge in [0.05, 0.1) is 52.5 Å². The predicted octanol–water partition coefficient (Wildman–Crippen LogP) is 4.11. The molecule has 1 atom stereocenters. The average Bonchev–Trinajstić information content (AvgIpc) is 3.77. The van der Waals surface area contributed by atoms with E-state index in [4.69, 9.17) is 16.3 Å². The quantitative estimate of drug-likeness (QED) is 0.424. The monoisotopic (exact) mass is 615 g/mol. The van der Waals surface area contributed by atoms with Gasteiger partial charge in [0, 0.05) is 23.2 Å². The number of benzene rings is 2. The number of carbonyl (C=O) groups excluding carboxylic acids is 1. The number of nitrogens with one attached hydrogen (secondary N) is 1. The number of fused-ring (bicyclic) bond motifs is 2. The predicted molar refractivity (Wildman–Crippen MR) is 156 cm³/mol. The Balaban J connectivity index is 1.44. The summed E-state index contributed by atoms with van der Waals surface area (Å²) in [6, 6.07) is 14.4. The number of amides is 1. The molecule has 1 unspecified atom stereocenters. The molecular weight excluding hydrogens is 586 g/mol. The van der Waals surface area contributed by atoms with Gasteiger partial charge >= 0.3 is 0 Å². The Morgan fingerprint density at radius 2 is 1.88 bits per heavy atom. The molecule has 2 aromatic carbocycles. The molecule has 1 aromatic heterocycles. The van der Waals surface area contributed by atoms with E-state index in [9.17, 15) is 21.6 Å². The highest BCUT2D eigenvalue weighted by atomic mass is 35.5. The van der Waals surface area contributed by atoms with Gasteiger partial charge in [-0.05, 0) is 79.6 Å². The minimum atomic E-state index is -4.05.